The van der Waals surface area contributed by atoms with Gasteiger partial charge in [0.1, 0.15) is 0 Å². The highest BCUT2D eigenvalue weighted by Gasteiger charge is 2.34. The number of rotatable bonds is 5. The van der Waals surface area contributed by atoms with Crippen molar-refractivity contribution in [3.63, 3.8) is 0 Å². The zero-order chi connectivity index (χ0) is 15.5. The Morgan fingerprint density at radius 3 is 2.40 bits per heavy atom. The van der Waals surface area contributed by atoms with Gasteiger partial charge in [-0.3, -0.25) is 10.1 Å². The van der Waals surface area contributed by atoms with E-state index in [1.54, 1.807) is 6.92 Å². The first-order valence-corrected chi connectivity index (χ1v) is 6.27. The second kappa shape index (κ2) is 6.21. The first-order chi connectivity index (χ1) is 9.18. The second-order valence-corrected chi connectivity index (χ2v) is 4.66. The maximum Gasteiger partial charge on any atom is 0.416 e. The molecule has 20 heavy (non-hydrogen) atoms. The molecule has 2 atom stereocenters. The molecule has 0 fully saturated rings. The number of halogens is 3. The summed E-state index contributed by atoms with van der Waals surface area (Å²) in [5.74, 6) is -0.266. The maximum absolute atomic E-state index is 12.6. The van der Waals surface area contributed by atoms with E-state index in [0.29, 0.717) is 18.2 Å². The molecule has 0 spiro atoms. The molecule has 2 unspecified atom stereocenters. The molecule has 0 aliphatic heterocycles. The van der Waals surface area contributed by atoms with Crippen molar-refractivity contribution in [1.82, 2.24) is 5.32 Å². The molecule has 0 aromatic heterocycles. The van der Waals surface area contributed by atoms with E-state index in [0.717, 1.165) is 6.07 Å². The minimum Gasteiger partial charge on any atom is -0.314 e. The maximum atomic E-state index is 12.6. The van der Waals surface area contributed by atoms with Gasteiger partial charge in [0.2, 0.25) is 0 Å². The molecule has 4 nitrogen and oxygen atoms in total. The number of nitro benzene ring substituents is 1. The number of benzene rings is 1. The normalized spacial score (nSPS) is 14.9. The van der Waals surface area contributed by atoms with Crippen LogP contribution in [-0.2, 0) is 6.18 Å². The van der Waals surface area contributed by atoms with E-state index < -0.39 is 22.4 Å². The molecule has 0 saturated heterocycles. The summed E-state index contributed by atoms with van der Waals surface area (Å²) in [6.45, 7) is 6.17. The minimum absolute atomic E-state index is 0.0737. The molecule has 112 valence electrons. The molecule has 1 aromatic carbocycles. The lowest BCUT2D eigenvalue weighted by Crippen LogP contribution is -2.31. The van der Waals surface area contributed by atoms with Crippen LogP contribution in [0.1, 0.15) is 37.8 Å². The van der Waals surface area contributed by atoms with E-state index in [9.17, 15) is 23.3 Å². The van der Waals surface area contributed by atoms with Gasteiger partial charge in [0.05, 0.1) is 10.5 Å². The highest BCUT2D eigenvalue weighted by molar-refractivity contribution is 5.46. The summed E-state index contributed by atoms with van der Waals surface area (Å²) in [4.78, 5) is 10.2. The third-order valence-corrected chi connectivity index (χ3v) is 3.32. The van der Waals surface area contributed by atoms with Crippen molar-refractivity contribution in [2.24, 2.45) is 0 Å². The fourth-order valence-electron chi connectivity index (χ4n) is 2.03. The molecule has 1 N–H and O–H groups in total. The fourth-order valence-corrected chi connectivity index (χ4v) is 2.03. The largest absolute Gasteiger partial charge is 0.416 e. The number of nitrogens with zero attached hydrogens (tertiary/aromatic N) is 1. The first kappa shape index (κ1) is 16.4. The van der Waals surface area contributed by atoms with E-state index in [1.807, 2.05) is 13.8 Å². The molecular weight excluding hydrogens is 273 g/mol. The Bertz CT molecular complexity index is 489. The van der Waals surface area contributed by atoms with Gasteiger partial charge in [-0.15, -0.1) is 0 Å². The van der Waals surface area contributed by atoms with Crippen LogP contribution in [-0.4, -0.2) is 17.5 Å². The van der Waals surface area contributed by atoms with Crippen LogP contribution in [0.25, 0.3) is 0 Å². The summed E-state index contributed by atoms with van der Waals surface area (Å²) in [5.41, 5.74) is -1.19. The molecule has 0 radical (unpaired) electrons. The number of nitro groups is 1. The van der Waals surface area contributed by atoms with Crippen molar-refractivity contribution in [3.05, 3.63) is 39.4 Å². The Kier molecular flexibility index (Phi) is 5.10. The molecule has 0 aliphatic carbocycles. The average molecular weight is 290 g/mol. The summed E-state index contributed by atoms with van der Waals surface area (Å²) >= 11 is 0. The van der Waals surface area contributed by atoms with E-state index >= 15 is 0 Å². The summed E-state index contributed by atoms with van der Waals surface area (Å²) in [6, 6.07) is 2.61. The lowest BCUT2D eigenvalue weighted by molar-refractivity contribution is -0.386. The van der Waals surface area contributed by atoms with Crippen molar-refractivity contribution in [3.8, 4) is 0 Å². The number of alkyl halides is 3. The van der Waals surface area contributed by atoms with Crippen LogP contribution in [0, 0.1) is 10.1 Å². The Balaban J connectivity index is 3.24. The van der Waals surface area contributed by atoms with Gasteiger partial charge >= 0.3 is 6.18 Å². The third-order valence-electron chi connectivity index (χ3n) is 3.32. The van der Waals surface area contributed by atoms with Crippen molar-refractivity contribution in [2.75, 3.05) is 6.54 Å². The monoisotopic (exact) mass is 290 g/mol. The number of likely N-dealkylation sites (N-methyl/N-ethyl adjacent to an activating group) is 1. The number of hydrogen-bond donors (Lipinski definition) is 1. The Morgan fingerprint density at radius 2 is 1.95 bits per heavy atom. The number of hydrogen-bond acceptors (Lipinski definition) is 3. The van der Waals surface area contributed by atoms with Gasteiger partial charge in [-0.1, -0.05) is 19.9 Å². The quantitative estimate of drug-likeness (QED) is 0.664. The van der Waals surface area contributed by atoms with Gasteiger partial charge < -0.3 is 5.32 Å². The van der Waals surface area contributed by atoms with Crippen molar-refractivity contribution in [1.29, 1.82) is 0 Å². The van der Waals surface area contributed by atoms with Gasteiger partial charge in [0.15, 0.2) is 0 Å². The van der Waals surface area contributed by atoms with Gasteiger partial charge in [0, 0.05) is 23.6 Å². The predicted molar refractivity (Wildman–Crippen MR) is 69.7 cm³/mol. The minimum atomic E-state index is -4.58. The van der Waals surface area contributed by atoms with Crippen LogP contribution in [0.2, 0.25) is 0 Å². The highest BCUT2D eigenvalue weighted by Crippen LogP contribution is 2.36. The Labute approximate surface area is 115 Å². The SMILES string of the molecule is CCNC(C)C(C)c1ccc(C(F)(F)F)cc1[N+](=O)[O-]. The van der Waals surface area contributed by atoms with Gasteiger partial charge in [-0.05, 0) is 19.5 Å². The van der Waals surface area contributed by atoms with E-state index in [4.69, 9.17) is 0 Å². The summed E-state index contributed by atoms with van der Waals surface area (Å²) < 4.78 is 37.8. The smallest absolute Gasteiger partial charge is 0.314 e. The molecule has 0 saturated carbocycles. The zero-order valence-electron chi connectivity index (χ0n) is 11.5. The van der Waals surface area contributed by atoms with Crippen LogP contribution in [0.4, 0.5) is 18.9 Å². The predicted octanol–water partition coefficient (Wildman–Crippen LogP) is 3.72. The summed E-state index contributed by atoms with van der Waals surface area (Å²) in [7, 11) is 0. The standard InChI is InChI=1S/C13H17F3N2O2/c1-4-17-9(3)8(2)11-6-5-10(13(14,15)16)7-12(11)18(19)20/h5-9,17H,4H2,1-3H3. The number of nitrogens with one attached hydrogen (secondary N) is 1. The molecule has 0 aliphatic rings. The molecular formula is C13H17F3N2O2. The topological polar surface area (TPSA) is 55.2 Å². The van der Waals surface area contributed by atoms with Crippen LogP contribution < -0.4 is 5.32 Å². The van der Waals surface area contributed by atoms with Crippen LogP contribution in [0.3, 0.4) is 0 Å². The van der Waals surface area contributed by atoms with E-state index in [2.05, 4.69) is 5.32 Å². The van der Waals surface area contributed by atoms with Crippen LogP contribution in [0.15, 0.2) is 18.2 Å². The molecule has 1 rings (SSSR count). The summed E-state index contributed by atoms with van der Waals surface area (Å²) in [6.07, 6.45) is -4.58. The third kappa shape index (κ3) is 3.69. The van der Waals surface area contributed by atoms with Crippen molar-refractivity contribution >= 4 is 5.69 Å². The Morgan fingerprint density at radius 1 is 1.35 bits per heavy atom. The van der Waals surface area contributed by atoms with Gasteiger partial charge in [0.25, 0.3) is 5.69 Å². The Hall–Kier alpha value is -1.63. The molecule has 0 amide bonds. The van der Waals surface area contributed by atoms with Crippen molar-refractivity contribution < 1.29 is 18.1 Å². The van der Waals surface area contributed by atoms with Crippen LogP contribution >= 0.6 is 0 Å². The lowest BCUT2D eigenvalue weighted by Gasteiger charge is -2.21. The zero-order valence-corrected chi connectivity index (χ0v) is 11.5. The highest BCUT2D eigenvalue weighted by atomic mass is 19.4. The molecule has 0 heterocycles. The van der Waals surface area contributed by atoms with E-state index in [-0.39, 0.29) is 12.0 Å². The second-order valence-electron chi connectivity index (χ2n) is 4.66. The van der Waals surface area contributed by atoms with Gasteiger partial charge in [-0.25, -0.2) is 0 Å². The fraction of sp³-hybridized carbons (Fsp3) is 0.538. The molecule has 0 bridgehead atoms. The lowest BCUT2D eigenvalue weighted by atomic mass is 9.92. The summed E-state index contributed by atoms with van der Waals surface area (Å²) in [5, 5.41) is 14.1. The molecule has 1 aromatic rings. The van der Waals surface area contributed by atoms with Crippen molar-refractivity contribution in [2.45, 2.75) is 38.9 Å². The van der Waals surface area contributed by atoms with E-state index in [1.165, 1.54) is 6.07 Å². The first-order valence-electron chi connectivity index (χ1n) is 6.27. The van der Waals surface area contributed by atoms with Crippen LogP contribution in [0.5, 0.6) is 0 Å². The van der Waals surface area contributed by atoms with Gasteiger partial charge in [-0.2, -0.15) is 13.2 Å². The average Bonchev–Trinajstić information content (AvgIpc) is 2.36. The molecule has 7 heteroatoms.